The van der Waals surface area contributed by atoms with Crippen molar-refractivity contribution in [3.8, 4) is 5.75 Å². The second kappa shape index (κ2) is 5.09. The highest BCUT2D eigenvalue weighted by Crippen LogP contribution is 2.20. The second-order valence-corrected chi connectivity index (χ2v) is 3.41. The summed E-state index contributed by atoms with van der Waals surface area (Å²) >= 11 is 1.74. The van der Waals surface area contributed by atoms with Gasteiger partial charge in [-0.3, -0.25) is 0 Å². The summed E-state index contributed by atoms with van der Waals surface area (Å²) in [6.45, 7) is 2.91. The van der Waals surface area contributed by atoms with E-state index in [1.807, 2.05) is 12.1 Å². The van der Waals surface area contributed by atoms with Crippen molar-refractivity contribution >= 4 is 11.8 Å². The summed E-state index contributed by atoms with van der Waals surface area (Å²) in [6, 6.07) is 8.18. The minimum absolute atomic E-state index is 0.803. The number of rotatable bonds is 4. The zero-order chi connectivity index (χ0) is 8.81. The molecule has 0 bridgehead atoms. The van der Waals surface area contributed by atoms with Crippen LogP contribution in [0.15, 0.2) is 29.2 Å². The Hall–Kier alpha value is -0.630. The zero-order valence-corrected chi connectivity index (χ0v) is 8.36. The average Bonchev–Trinajstić information content (AvgIpc) is 2.15. The van der Waals surface area contributed by atoms with E-state index in [9.17, 15) is 0 Å². The summed E-state index contributed by atoms with van der Waals surface area (Å²) in [4.78, 5) is 1.25. The van der Waals surface area contributed by atoms with Gasteiger partial charge < -0.3 is 4.74 Å². The third kappa shape index (κ3) is 2.78. The largest absolute Gasteiger partial charge is 0.494 e. The molecule has 0 spiro atoms. The maximum atomic E-state index is 5.48. The summed E-state index contributed by atoms with van der Waals surface area (Å²) in [7, 11) is 0. The molecule has 0 amide bonds. The molecule has 0 saturated carbocycles. The summed E-state index contributed by atoms with van der Waals surface area (Å²) in [5.41, 5.74) is 0. The maximum Gasteiger partial charge on any atom is 0.120 e. The highest BCUT2D eigenvalue weighted by Gasteiger charge is 1.93. The predicted octanol–water partition coefficient (Wildman–Crippen LogP) is 3.20. The molecule has 0 atom stereocenters. The average molecular weight is 182 g/mol. The summed E-state index contributed by atoms with van der Waals surface area (Å²) in [5.74, 6) is 0.976. The van der Waals surface area contributed by atoms with Gasteiger partial charge >= 0.3 is 0 Å². The molecule has 0 aliphatic rings. The number of thioether (sulfide) groups is 1. The van der Waals surface area contributed by atoms with Crippen LogP contribution in [0.25, 0.3) is 0 Å². The number of hydrogen-bond donors (Lipinski definition) is 0. The summed E-state index contributed by atoms with van der Waals surface area (Å²) < 4.78 is 5.48. The van der Waals surface area contributed by atoms with Gasteiger partial charge in [0.2, 0.25) is 0 Å². The molecule has 0 saturated heterocycles. The van der Waals surface area contributed by atoms with E-state index < -0.39 is 0 Å². The van der Waals surface area contributed by atoms with Gasteiger partial charge in [-0.15, -0.1) is 11.8 Å². The van der Waals surface area contributed by atoms with Gasteiger partial charge in [0.1, 0.15) is 5.75 Å². The fraction of sp³-hybridized carbons (Fsp3) is 0.400. The molecule has 66 valence electrons. The molecule has 0 heterocycles. The van der Waals surface area contributed by atoms with Crippen molar-refractivity contribution in [3.05, 3.63) is 24.3 Å². The van der Waals surface area contributed by atoms with Crippen molar-refractivity contribution < 1.29 is 4.74 Å². The van der Waals surface area contributed by atoms with Gasteiger partial charge in [-0.25, -0.2) is 0 Å². The van der Waals surface area contributed by atoms with Crippen LogP contribution in [-0.4, -0.2) is 12.9 Å². The number of benzene rings is 1. The lowest BCUT2D eigenvalue weighted by Gasteiger charge is -2.04. The Kier molecular flexibility index (Phi) is 4.01. The molecule has 1 aromatic carbocycles. The van der Waals surface area contributed by atoms with Crippen molar-refractivity contribution in [1.82, 2.24) is 0 Å². The Bertz CT molecular complexity index is 235. The Labute approximate surface area is 78.1 Å². The van der Waals surface area contributed by atoms with Crippen LogP contribution in [0.1, 0.15) is 13.3 Å². The van der Waals surface area contributed by atoms with E-state index in [1.54, 1.807) is 11.8 Å². The van der Waals surface area contributed by atoms with Crippen molar-refractivity contribution in [3.63, 3.8) is 0 Å². The van der Waals surface area contributed by atoms with Crippen LogP contribution in [0.4, 0.5) is 0 Å². The van der Waals surface area contributed by atoms with Crippen molar-refractivity contribution in [2.45, 2.75) is 18.2 Å². The third-order valence-corrected chi connectivity index (χ3v) is 2.24. The molecule has 0 unspecified atom stereocenters. The molecule has 1 rings (SSSR count). The number of hydrogen-bond acceptors (Lipinski definition) is 2. The molecular formula is C10H14OS. The molecule has 0 radical (unpaired) electrons. The maximum absolute atomic E-state index is 5.48. The van der Waals surface area contributed by atoms with Crippen molar-refractivity contribution in [1.29, 1.82) is 0 Å². The molecule has 2 heteroatoms. The number of ether oxygens (including phenoxy) is 1. The van der Waals surface area contributed by atoms with Gasteiger partial charge in [-0.2, -0.15) is 0 Å². The smallest absolute Gasteiger partial charge is 0.120 e. The van der Waals surface area contributed by atoms with Crippen LogP contribution in [0, 0.1) is 0 Å². The molecule has 0 N–H and O–H groups in total. The molecular weight excluding hydrogens is 168 g/mol. The Morgan fingerprint density at radius 3 is 2.92 bits per heavy atom. The van der Waals surface area contributed by atoms with Gasteiger partial charge in [-0.05, 0) is 30.9 Å². The van der Waals surface area contributed by atoms with Crippen LogP contribution < -0.4 is 4.74 Å². The van der Waals surface area contributed by atoms with Crippen LogP contribution in [0.3, 0.4) is 0 Å². The van der Waals surface area contributed by atoms with Crippen molar-refractivity contribution in [2.75, 3.05) is 12.9 Å². The molecule has 1 aromatic rings. The van der Waals surface area contributed by atoms with Gasteiger partial charge in [0, 0.05) is 4.90 Å². The van der Waals surface area contributed by atoms with Crippen molar-refractivity contribution in [2.24, 2.45) is 0 Å². The highest BCUT2D eigenvalue weighted by atomic mass is 32.2. The summed E-state index contributed by atoms with van der Waals surface area (Å²) in [5, 5.41) is 0. The van der Waals surface area contributed by atoms with Gasteiger partial charge in [0.15, 0.2) is 0 Å². The minimum atomic E-state index is 0.803. The van der Waals surface area contributed by atoms with E-state index in [2.05, 4.69) is 25.3 Å². The second-order valence-electron chi connectivity index (χ2n) is 2.53. The predicted molar refractivity (Wildman–Crippen MR) is 54.0 cm³/mol. The van der Waals surface area contributed by atoms with E-state index in [0.717, 1.165) is 18.8 Å². The first kappa shape index (κ1) is 9.46. The van der Waals surface area contributed by atoms with E-state index in [-0.39, 0.29) is 0 Å². The Morgan fingerprint density at radius 1 is 1.42 bits per heavy atom. The van der Waals surface area contributed by atoms with Crippen LogP contribution >= 0.6 is 11.8 Å². The first-order valence-electron chi connectivity index (χ1n) is 4.13. The third-order valence-electron chi connectivity index (χ3n) is 1.51. The fourth-order valence-corrected chi connectivity index (χ4v) is 1.36. The molecule has 0 aliphatic heterocycles. The first-order valence-corrected chi connectivity index (χ1v) is 5.36. The minimum Gasteiger partial charge on any atom is -0.494 e. The zero-order valence-electron chi connectivity index (χ0n) is 7.54. The highest BCUT2D eigenvalue weighted by molar-refractivity contribution is 7.98. The van der Waals surface area contributed by atoms with Gasteiger partial charge in [0.25, 0.3) is 0 Å². The lowest BCUT2D eigenvalue weighted by molar-refractivity contribution is 0.316. The van der Waals surface area contributed by atoms with Crippen LogP contribution in [0.5, 0.6) is 5.75 Å². The fourth-order valence-electron chi connectivity index (χ4n) is 0.911. The molecule has 0 aliphatic carbocycles. The monoisotopic (exact) mass is 182 g/mol. The lowest BCUT2D eigenvalue weighted by Crippen LogP contribution is -1.94. The quantitative estimate of drug-likeness (QED) is 0.661. The standard InChI is InChI=1S/C10H14OS/c1-3-7-11-9-5-4-6-10(8-9)12-2/h4-6,8H,3,7H2,1-2H3. The van der Waals surface area contributed by atoms with E-state index in [0.29, 0.717) is 0 Å². The molecule has 0 fully saturated rings. The molecule has 0 aromatic heterocycles. The molecule has 12 heavy (non-hydrogen) atoms. The van der Waals surface area contributed by atoms with E-state index in [4.69, 9.17) is 4.74 Å². The van der Waals surface area contributed by atoms with E-state index in [1.165, 1.54) is 4.90 Å². The molecule has 1 nitrogen and oxygen atoms in total. The normalized spacial score (nSPS) is 9.83. The lowest BCUT2D eigenvalue weighted by atomic mass is 10.3. The Morgan fingerprint density at radius 2 is 2.25 bits per heavy atom. The van der Waals surface area contributed by atoms with Crippen LogP contribution in [-0.2, 0) is 0 Å². The Balaban J connectivity index is 2.60. The topological polar surface area (TPSA) is 9.23 Å². The van der Waals surface area contributed by atoms with Crippen LogP contribution in [0.2, 0.25) is 0 Å². The first-order chi connectivity index (χ1) is 5.86. The van der Waals surface area contributed by atoms with Gasteiger partial charge in [0.05, 0.1) is 6.61 Å². The summed E-state index contributed by atoms with van der Waals surface area (Å²) in [6.07, 6.45) is 3.13. The van der Waals surface area contributed by atoms with Gasteiger partial charge in [-0.1, -0.05) is 13.0 Å². The SMILES string of the molecule is CCCOc1cccc(SC)c1. The van der Waals surface area contributed by atoms with E-state index >= 15 is 0 Å².